The van der Waals surface area contributed by atoms with Gasteiger partial charge in [0.1, 0.15) is 0 Å². The van der Waals surface area contributed by atoms with Crippen molar-refractivity contribution in [3.63, 3.8) is 0 Å². The molecule has 0 aliphatic rings. The summed E-state index contributed by atoms with van der Waals surface area (Å²) in [5.74, 6) is 0.399. The van der Waals surface area contributed by atoms with Gasteiger partial charge in [-0.05, 0) is 0 Å². The molecule has 0 atom stereocenters. The fourth-order valence-corrected chi connectivity index (χ4v) is 1.99. The van der Waals surface area contributed by atoms with Gasteiger partial charge in [-0.3, -0.25) is 0 Å². The van der Waals surface area contributed by atoms with Gasteiger partial charge in [-0.1, -0.05) is 47.2 Å². The Hall–Kier alpha value is -0.552. The minimum Gasteiger partial charge on any atom is -0.543 e. The van der Waals surface area contributed by atoms with Crippen LogP contribution >= 0.6 is 0 Å². The summed E-state index contributed by atoms with van der Waals surface area (Å²) in [6.45, 7) is 0. The second-order valence-corrected chi connectivity index (χ2v) is 3.44. The molecule has 15 heavy (non-hydrogen) atoms. The molecule has 3 rings (SSSR count). The van der Waals surface area contributed by atoms with Gasteiger partial charge in [0.25, 0.3) is 0 Å². The Kier molecular flexibility index (Phi) is 3.02. The van der Waals surface area contributed by atoms with Crippen LogP contribution in [0.25, 0.3) is 21.5 Å². The van der Waals surface area contributed by atoms with Gasteiger partial charge in [0.15, 0.2) is 0 Å². The van der Waals surface area contributed by atoms with Crippen LogP contribution in [0.4, 0.5) is 0 Å². The van der Waals surface area contributed by atoms with E-state index in [1.807, 2.05) is 48.5 Å². The third-order valence-electron chi connectivity index (χ3n) is 2.65. The minimum atomic E-state index is 0. The molecule has 1 N–H and O–H groups in total. The molecule has 0 fully saturated rings. The molecule has 0 saturated heterocycles. The summed E-state index contributed by atoms with van der Waals surface area (Å²) in [6.07, 6.45) is 0. The van der Waals surface area contributed by atoms with E-state index in [1.165, 1.54) is 0 Å². The van der Waals surface area contributed by atoms with E-state index in [2.05, 4.69) is 0 Å². The maximum Gasteiger partial charge on any atom is 0.0487 e. The van der Waals surface area contributed by atoms with E-state index in [0.29, 0.717) is 5.75 Å². The van der Waals surface area contributed by atoms with Crippen LogP contribution in [0.3, 0.4) is 0 Å². The van der Waals surface area contributed by atoms with Crippen molar-refractivity contribution in [2.24, 2.45) is 0 Å². The zero-order chi connectivity index (χ0) is 9.54. The van der Waals surface area contributed by atoms with Gasteiger partial charge in [-0.2, -0.15) is 0 Å². The molecular formula is C13H9OSm-. The third kappa shape index (κ3) is 1.58. The molecule has 0 aromatic heterocycles. The van der Waals surface area contributed by atoms with Crippen molar-refractivity contribution in [1.29, 1.82) is 0 Å². The molecule has 0 radical (unpaired) electrons. The van der Waals surface area contributed by atoms with Crippen LogP contribution in [0.2, 0.25) is 0 Å². The topological polar surface area (TPSA) is 20.2 Å². The van der Waals surface area contributed by atoms with Crippen molar-refractivity contribution in [3.8, 4) is 5.75 Å². The fraction of sp³-hybridized carbons (Fsp3) is 0. The molecule has 0 unspecified atom stereocenters. The molecule has 2 heteroatoms. The first-order chi connectivity index (χ1) is 6.88. The molecule has 0 saturated carbocycles. The molecule has 1 nitrogen and oxygen atoms in total. The number of fused-ring (bicyclic) bond motifs is 3. The van der Waals surface area contributed by atoms with Crippen molar-refractivity contribution in [1.82, 2.24) is 0 Å². The predicted octanol–water partition coefficient (Wildman–Crippen LogP) is 3.42. The number of hydrogen-bond acceptors (Lipinski definition) is 1. The van der Waals surface area contributed by atoms with Gasteiger partial charge in [0.05, 0.1) is 0 Å². The van der Waals surface area contributed by atoms with Gasteiger partial charge >= 0.3 is 0 Å². The Morgan fingerprint density at radius 2 is 1.13 bits per heavy atom. The van der Waals surface area contributed by atoms with E-state index in [0.717, 1.165) is 21.5 Å². The summed E-state index contributed by atoms with van der Waals surface area (Å²) in [4.78, 5) is 0. The molecule has 3 aromatic rings. The van der Waals surface area contributed by atoms with Gasteiger partial charge in [0, 0.05) is 46.1 Å². The van der Waals surface area contributed by atoms with Gasteiger partial charge in [0.2, 0.25) is 0 Å². The Morgan fingerprint density at radius 3 is 1.60 bits per heavy atom. The number of benzene rings is 2. The number of aromatic hydroxyl groups is 1. The second kappa shape index (κ2) is 4.14. The number of rotatable bonds is 0. The molecule has 0 heterocycles. The molecule has 0 aliphatic carbocycles. The summed E-state index contributed by atoms with van der Waals surface area (Å²) in [7, 11) is 0. The first kappa shape index (κ1) is 10.9. The van der Waals surface area contributed by atoms with E-state index in [4.69, 9.17) is 0 Å². The number of hydrogen-bond donors (Lipinski definition) is 1. The van der Waals surface area contributed by atoms with Crippen LogP contribution in [0, 0.1) is 40.4 Å². The van der Waals surface area contributed by atoms with Crippen molar-refractivity contribution in [2.45, 2.75) is 0 Å². The Bertz CT molecular complexity index is 557. The summed E-state index contributed by atoms with van der Waals surface area (Å²) in [5, 5.41) is 14.1. The largest absolute Gasteiger partial charge is 0.543 e. The smallest absolute Gasteiger partial charge is 0.0487 e. The first-order valence-electron chi connectivity index (χ1n) is 4.63. The standard InChI is InChI=1S/C13H9O.Sm/c14-13-11-7-3-1-5-9(11)10-6-2-4-8-12(10)13;/h1-8,14H;/q-1;. The predicted molar refractivity (Wildman–Crippen MR) is 58.7 cm³/mol. The molecule has 3 aromatic carbocycles. The average Bonchev–Trinajstić information content (AvgIpc) is 2.55. The van der Waals surface area contributed by atoms with Gasteiger partial charge < -0.3 is 5.11 Å². The van der Waals surface area contributed by atoms with Crippen molar-refractivity contribution >= 4 is 21.5 Å². The van der Waals surface area contributed by atoms with Crippen molar-refractivity contribution < 1.29 is 45.5 Å². The summed E-state index contributed by atoms with van der Waals surface area (Å²) < 4.78 is 0. The molecule has 0 bridgehead atoms. The van der Waals surface area contributed by atoms with Crippen LogP contribution < -0.4 is 0 Å². The maximum absolute atomic E-state index is 9.95. The summed E-state index contributed by atoms with van der Waals surface area (Å²) in [5.41, 5.74) is 0. The van der Waals surface area contributed by atoms with Crippen molar-refractivity contribution in [2.75, 3.05) is 0 Å². The zero-order valence-corrected chi connectivity index (χ0v) is 10.6. The van der Waals surface area contributed by atoms with E-state index in [1.54, 1.807) is 0 Å². The van der Waals surface area contributed by atoms with Crippen molar-refractivity contribution in [3.05, 3.63) is 48.5 Å². The Morgan fingerprint density at radius 1 is 0.733 bits per heavy atom. The third-order valence-corrected chi connectivity index (χ3v) is 2.65. The molecular weight excluding hydrogens is 323 g/mol. The monoisotopic (exact) mass is 333 g/mol. The molecule has 0 aliphatic heterocycles. The first-order valence-corrected chi connectivity index (χ1v) is 4.63. The Balaban J connectivity index is 0.000000853. The summed E-state index contributed by atoms with van der Waals surface area (Å²) >= 11 is 0. The molecule has 74 valence electrons. The molecule has 0 amide bonds. The van der Waals surface area contributed by atoms with E-state index in [9.17, 15) is 5.11 Å². The van der Waals surface area contributed by atoms with Crippen LogP contribution in [0.1, 0.15) is 0 Å². The molecule has 0 spiro atoms. The Labute approximate surface area is 120 Å². The van der Waals surface area contributed by atoms with Crippen LogP contribution in [-0.2, 0) is 0 Å². The van der Waals surface area contributed by atoms with E-state index in [-0.39, 0.29) is 40.4 Å². The summed E-state index contributed by atoms with van der Waals surface area (Å²) in [6, 6.07) is 15.9. The minimum absolute atomic E-state index is 0. The zero-order valence-electron chi connectivity index (χ0n) is 7.97. The van der Waals surface area contributed by atoms with E-state index < -0.39 is 0 Å². The normalized spacial score (nSPS) is 10.4. The maximum atomic E-state index is 9.95. The van der Waals surface area contributed by atoms with Crippen LogP contribution in [-0.4, -0.2) is 5.11 Å². The fourth-order valence-electron chi connectivity index (χ4n) is 1.99. The van der Waals surface area contributed by atoms with Gasteiger partial charge in [-0.15, -0.1) is 22.9 Å². The van der Waals surface area contributed by atoms with Gasteiger partial charge in [-0.25, -0.2) is 0 Å². The SMILES string of the molecule is O[c-]1c2ccccc2c2ccccc21.[Sm]. The van der Waals surface area contributed by atoms with Crippen LogP contribution in [0.5, 0.6) is 5.75 Å². The van der Waals surface area contributed by atoms with Crippen LogP contribution in [0.15, 0.2) is 48.5 Å². The second-order valence-electron chi connectivity index (χ2n) is 3.44. The van der Waals surface area contributed by atoms with E-state index >= 15 is 0 Å². The average molecular weight is 332 g/mol. The quantitative estimate of drug-likeness (QED) is 0.626.